The fourth-order valence-electron chi connectivity index (χ4n) is 3.30. The predicted molar refractivity (Wildman–Crippen MR) is 109 cm³/mol. The molecule has 0 saturated carbocycles. The molecule has 1 aliphatic heterocycles. The van der Waals surface area contributed by atoms with Gasteiger partial charge >= 0.3 is 11.8 Å². The molecule has 7 heteroatoms. The van der Waals surface area contributed by atoms with Crippen molar-refractivity contribution < 1.29 is 14.4 Å². The number of aromatic nitrogens is 1. The van der Waals surface area contributed by atoms with E-state index in [-0.39, 0.29) is 11.8 Å². The van der Waals surface area contributed by atoms with Gasteiger partial charge in [-0.15, -0.1) is 0 Å². The Labute approximate surface area is 170 Å². The first-order valence-corrected chi connectivity index (χ1v) is 9.84. The number of hydrogen-bond donors (Lipinski definition) is 2. The van der Waals surface area contributed by atoms with Crippen LogP contribution < -0.4 is 10.6 Å². The number of pyridine rings is 1. The lowest BCUT2D eigenvalue weighted by Crippen LogP contribution is -2.44. The Morgan fingerprint density at radius 3 is 2.38 bits per heavy atom. The lowest BCUT2D eigenvalue weighted by atomic mass is 9.96. The van der Waals surface area contributed by atoms with E-state index >= 15 is 0 Å². The van der Waals surface area contributed by atoms with E-state index in [1.165, 1.54) is 0 Å². The molecule has 3 amide bonds. The van der Waals surface area contributed by atoms with E-state index in [0.29, 0.717) is 31.7 Å². The predicted octanol–water partition coefficient (Wildman–Crippen LogP) is 1.67. The quantitative estimate of drug-likeness (QED) is 0.755. The molecule has 1 fully saturated rings. The molecular formula is C22H26N4O3. The maximum Gasteiger partial charge on any atom is 0.309 e. The van der Waals surface area contributed by atoms with Crippen molar-refractivity contribution in [3.8, 4) is 0 Å². The molecule has 7 nitrogen and oxygen atoms in total. The highest BCUT2D eigenvalue weighted by Crippen LogP contribution is 2.18. The van der Waals surface area contributed by atoms with E-state index in [4.69, 9.17) is 0 Å². The molecule has 0 spiro atoms. The van der Waals surface area contributed by atoms with E-state index in [2.05, 4.69) is 15.6 Å². The molecule has 1 aromatic carbocycles. The number of nitrogens with zero attached hydrogens (tertiary/aromatic N) is 2. The van der Waals surface area contributed by atoms with Gasteiger partial charge in [-0.25, -0.2) is 0 Å². The molecule has 0 atom stereocenters. The second-order valence-electron chi connectivity index (χ2n) is 7.36. The van der Waals surface area contributed by atoms with E-state index in [1.54, 1.807) is 24.5 Å². The van der Waals surface area contributed by atoms with Crippen molar-refractivity contribution >= 4 is 17.7 Å². The van der Waals surface area contributed by atoms with Gasteiger partial charge in [0.2, 0.25) is 0 Å². The fraction of sp³-hybridized carbons (Fsp3) is 0.364. The Morgan fingerprint density at radius 1 is 1.03 bits per heavy atom. The zero-order chi connectivity index (χ0) is 20.6. The zero-order valence-electron chi connectivity index (χ0n) is 16.6. The normalized spacial score (nSPS) is 14.3. The summed E-state index contributed by atoms with van der Waals surface area (Å²) in [5.74, 6) is -1.02. The van der Waals surface area contributed by atoms with Crippen molar-refractivity contribution in [2.24, 2.45) is 5.92 Å². The van der Waals surface area contributed by atoms with Gasteiger partial charge in [-0.1, -0.05) is 29.8 Å². The van der Waals surface area contributed by atoms with E-state index in [9.17, 15) is 14.4 Å². The van der Waals surface area contributed by atoms with Crippen molar-refractivity contribution in [3.05, 3.63) is 65.5 Å². The summed E-state index contributed by atoms with van der Waals surface area (Å²) in [6.07, 6.45) is 4.79. The van der Waals surface area contributed by atoms with E-state index in [1.807, 2.05) is 36.1 Å². The largest absolute Gasteiger partial charge is 0.348 e. The highest BCUT2D eigenvalue weighted by Gasteiger charge is 2.24. The highest BCUT2D eigenvalue weighted by atomic mass is 16.2. The minimum absolute atomic E-state index is 0.0175. The van der Waals surface area contributed by atoms with Gasteiger partial charge in [-0.3, -0.25) is 19.4 Å². The third-order valence-electron chi connectivity index (χ3n) is 5.14. The number of carbonyl (C=O) groups is 3. The van der Waals surface area contributed by atoms with Crippen LogP contribution in [-0.4, -0.2) is 47.2 Å². The van der Waals surface area contributed by atoms with Gasteiger partial charge in [0, 0.05) is 38.6 Å². The molecule has 1 saturated heterocycles. The number of benzene rings is 1. The van der Waals surface area contributed by atoms with E-state index in [0.717, 1.165) is 24.0 Å². The molecule has 0 unspecified atom stereocenters. The molecule has 2 N–H and O–H groups in total. The summed E-state index contributed by atoms with van der Waals surface area (Å²) in [5.41, 5.74) is 2.68. The number of aryl methyl sites for hydroxylation is 1. The summed E-state index contributed by atoms with van der Waals surface area (Å²) in [6, 6.07) is 11.3. The van der Waals surface area contributed by atoms with Crippen LogP contribution in [0.2, 0.25) is 0 Å². The number of nitrogens with one attached hydrogen (secondary N) is 2. The summed E-state index contributed by atoms with van der Waals surface area (Å²) in [5, 5.41) is 5.35. The first kappa shape index (κ1) is 20.5. The molecule has 29 heavy (non-hydrogen) atoms. The first-order valence-electron chi connectivity index (χ1n) is 9.84. The average molecular weight is 394 g/mol. The molecule has 0 bridgehead atoms. The molecule has 2 heterocycles. The SMILES string of the molecule is Cc1ccc(CNC(=O)C(=O)NCC2CCN(C(=O)c3cccnc3)CC2)cc1. The third kappa shape index (κ3) is 5.88. The maximum absolute atomic E-state index is 12.4. The molecule has 2 aromatic rings. The minimum Gasteiger partial charge on any atom is -0.348 e. The van der Waals surface area contributed by atoms with Crippen molar-refractivity contribution in [2.45, 2.75) is 26.3 Å². The number of rotatable bonds is 5. The lowest BCUT2D eigenvalue weighted by molar-refractivity contribution is -0.139. The first-order chi connectivity index (χ1) is 14.0. The van der Waals surface area contributed by atoms with Crippen molar-refractivity contribution in [1.82, 2.24) is 20.5 Å². The van der Waals surface area contributed by atoms with Gasteiger partial charge in [0.15, 0.2) is 0 Å². The smallest absolute Gasteiger partial charge is 0.309 e. The van der Waals surface area contributed by atoms with Crippen LogP contribution >= 0.6 is 0 Å². The number of piperidine rings is 1. The Hall–Kier alpha value is -3.22. The maximum atomic E-state index is 12.4. The number of carbonyl (C=O) groups excluding carboxylic acids is 3. The molecule has 0 aliphatic carbocycles. The Morgan fingerprint density at radius 2 is 1.72 bits per heavy atom. The van der Waals surface area contributed by atoms with Crippen LogP contribution in [0.25, 0.3) is 0 Å². The summed E-state index contributed by atoms with van der Waals surface area (Å²) < 4.78 is 0. The van der Waals surface area contributed by atoms with Gasteiger partial charge in [0.25, 0.3) is 5.91 Å². The Balaban J connectivity index is 1.37. The lowest BCUT2D eigenvalue weighted by Gasteiger charge is -2.32. The Kier molecular flexibility index (Phi) is 6.94. The van der Waals surface area contributed by atoms with Gasteiger partial charge in [-0.05, 0) is 43.4 Å². The van der Waals surface area contributed by atoms with Gasteiger partial charge in [-0.2, -0.15) is 0 Å². The molecule has 3 rings (SSSR count). The number of likely N-dealkylation sites (tertiary alicyclic amines) is 1. The van der Waals surface area contributed by atoms with Crippen LogP contribution in [0, 0.1) is 12.8 Å². The Bertz CT molecular complexity index is 844. The summed E-state index contributed by atoms with van der Waals surface area (Å²) in [6.45, 7) is 4.02. The van der Waals surface area contributed by atoms with Gasteiger partial charge < -0.3 is 15.5 Å². The monoisotopic (exact) mass is 394 g/mol. The topological polar surface area (TPSA) is 91.4 Å². The number of amides is 3. The van der Waals surface area contributed by atoms with Gasteiger partial charge in [0.05, 0.1) is 5.56 Å². The van der Waals surface area contributed by atoms with Crippen molar-refractivity contribution in [3.63, 3.8) is 0 Å². The zero-order valence-corrected chi connectivity index (χ0v) is 16.6. The highest BCUT2D eigenvalue weighted by molar-refractivity contribution is 6.35. The van der Waals surface area contributed by atoms with Crippen LogP contribution in [0.4, 0.5) is 0 Å². The van der Waals surface area contributed by atoms with Crippen LogP contribution in [0.15, 0.2) is 48.8 Å². The number of hydrogen-bond acceptors (Lipinski definition) is 4. The summed E-state index contributed by atoms with van der Waals surface area (Å²) >= 11 is 0. The molecule has 152 valence electrons. The molecule has 1 aliphatic rings. The second kappa shape index (κ2) is 9.82. The van der Waals surface area contributed by atoms with Crippen LogP contribution in [0.3, 0.4) is 0 Å². The second-order valence-corrected chi connectivity index (χ2v) is 7.36. The third-order valence-corrected chi connectivity index (χ3v) is 5.14. The molecule has 0 radical (unpaired) electrons. The molecule has 1 aromatic heterocycles. The van der Waals surface area contributed by atoms with Crippen molar-refractivity contribution in [1.29, 1.82) is 0 Å². The minimum atomic E-state index is -0.630. The molecular weight excluding hydrogens is 368 g/mol. The average Bonchev–Trinajstić information content (AvgIpc) is 2.77. The van der Waals surface area contributed by atoms with E-state index < -0.39 is 11.8 Å². The standard InChI is InChI=1S/C22H26N4O3/c1-16-4-6-17(7-5-16)13-24-20(27)21(28)25-14-18-8-11-26(12-9-18)22(29)19-3-2-10-23-15-19/h2-7,10,15,18H,8-9,11-14H2,1H3,(H,24,27)(H,25,28). The van der Waals surface area contributed by atoms with Gasteiger partial charge in [0.1, 0.15) is 0 Å². The van der Waals surface area contributed by atoms with Crippen LogP contribution in [0.5, 0.6) is 0 Å². The fourth-order valence-corrected chi connectivity index (χ4v) is 3.30. The van der Waals surface area contributed by atoms with Crippen LogP contribution in [-0.2, 0) is 16.1 Å². The summed E-state index contributed by atoms with van der Waals surface area (Å²) in [7, 11) is 0. The van der Waals surface area contributed by atoms with Crippen LogP contribution in [0.1, 0.15) is 34.3 Å². The van der Waals surface area contributed by atoms with Crippen molar-refractivity contribution in [2.75, 3.05) is 19.6 Å². The summed E-state index contributed by atoms with van der Waals surface area (Å²) in [4.78, 5) is 42.2.